The fourth-order valence-electron chi connectivity index (χ4n) is 1.25. The summed E-state index contributed by atoms with van der Waals surface area (Å²) in [5, 5.41) is 8.91. The van der Waals surface area contributed by atoms with Crippen LogP contribution in [0.5, 0.6) is 0 Å². The van der Waals surface area contributed by atoms with Crippen molar-refractivity contribution in [3.63, 3.8) is 0 Å². The molecule has 0 fully saturated rings. The number of nitrogens with one attached hydrogen (secondary N) is 1. The minimum Gasteiger partial charge on any atom is -0.478 e. The highest BCUT2D eigenvalue weighted by atomic mass is 127. The average molecular weight is 369 g/mol. The van der Waals surface area contributed by atoms with Crippen molar-refractivity contribution >= 4 is 44.3 Å². The highest BCUT2D eigenvalue weighted by Crippen LogP contribution is 2.19. The molecule has 2 N–H and O–H groups in total. The lowest BCUT2D eigenvalue weighted by Gasteiger charge is -2.08. The molecule has 0 aliphatic heterocycles. The van der Waals surface area contributed by atoms with Gasteiger partial charge in [-0.15, -0.1) is 0 Å². The number of rotatable bonds is 5. The predicted molar refractivity (Wildman–Crippen MR) is 73.8 cm³/mol. The smallest absolute Gasteiger partial charge is 0.336 e. The van der Waals surface area contributed by atoms with Gasteiger partial charge in [-0.25, -0.2) is 13.2 Å². The zero-order valence-electron chi connectivity index (χ0n) is 9.10. The van der Waals surface area contributed by atoms with E-state index >= 15 is 0 Å². The molecule has 0 bridgehead atoms. The van der Waals surface area contributed by atoms with Gasteiger partial charge in [0.05, 0.1) is 11.3 Å². The molecule has 0 amide bonds. The monoisotopic (exact) mass is 369 g/mol. The normalized spacial score (nSPS) is 11.2. The van der Waals surface area contributed by atoms with Gasteiger partial charge in [0.2, 0.25) is 10.0 Å². The Labute approximate surface area is 113 Å². The van der Waals surface area contributed by atoms with Gasteiger partial charge in [-0.2, -0.15) is 0 Å². The largest absolute Gasteiger partial charge is 0.478 e. The predicted octanol–water partition coefficient (Wildman–Crippen LogP) is 2.14. The highest BCUT2D eigenvalue weighted by Gasteiger charge is 2.12. The summed E-state index contributed by atoms with van der Waals surface area (Å²) in [6, 6.07) is 4.42. The van der Waals surface area contributed by atoms with Gasteiger partial charge >= 0.3 is 5.97 Å². The van der Waals surface area contributed by atoms with Crippen LogP contribution in [-0.4, -0.2) is 25.2 Å². The van der Waals surface area contributed by atoms with Crippen molar-refractivity contribution in [1.29, 1.82) is 0 Å². The van der Waals surface area contributed by atoms with Crippen molar-refractivity contribution in [2.24, 2.45) is 0 Å². The molecule has 0 saturated heterocycles. The van der Waals surface area contributed by atoms with Crippen LogP contribution < -0.4 is 4.72 Å². The number of benzene rings is 1. The molecule has 0 aliphatic carbocycles. The Morgan fingerprint density at radius 3 is 2.65 bits per heavy atom. The molecule has 94 valence electrons. The van der Waals surface area contributed by atoms with Crippen LogP contribution in [0.1, 0.15) is 23.7 Å². The Balaban J connectivity index is 3.02. The van der Waals surface area contributed by atoms with E-state index in [2.05, 4.69) is 4.72 Å². The lowest BCUT2D eigenvalue weighted by atomic mass is 10.2. The van der Waals surface area contributed by atoms with Crippen LogP contribution in [0, 0.1) is 3.57 Å². The summed E-state index contributed by atoms with van der Waals surface area (Å²) >= 11 is 1.89. The van der Waals surface area contributed by atoms with Crippen molar-refractivity contribution in [1.82, 2.24) is 0 Å². The third kappa shape index (κ3) is 4.15. The summed E-state index contributed by atoms with van der Waals surface area (Å²) in [6.07, 6.45) is 0.505. The first kappa shape index (κ1) is 14.2. The average Bonchev–Trinajstić information content (AvgIpc) is 2.20. The fourth-order valence-corrected chi connectivity index (χ4v) is 2.94. The molecule has 0 atom stereocenters. The maximum atomic E-state index is 11.5. The minimum absolute atomic E-state index is 0.0153. The SMILES string of the molecule is CCCS(=O)(=O)Nc1ccc(I)c(C(=O)O)c1. The van der Waals surface area contributed by atoms with Crippen molar-refractivity contribution in [2.45, 2.75) is 13.3 Å². The number of anilines is 1. The molecule has 0 heterocycles. The van der Waals surface area contributed by atoms with Crippen LogP contribution >= 0.6 is 22.6 Å². The first-order valence-electron chi connectivity index (χ1n) is 4.89. The number of carboxylic acid groups (broad SMARTS) is 1. The van der Waals surface area contributed by atoms with E-state index in [9.17, 15) is 13.2 Å². The molecule has 0 radical (unpaired) electrons. The number of aromatic carboxylic acids is 1. The fraction of sp³-hybridized carbons (Fsp3) is 0.300. The summed E-state index contributed by atoms with van der Waals surface area (Å²) in [7, 11) is -3.39. The van der Waals surface area contributed by atoms with Crippen LogP contribution in [0.2, 0.25) is 0 Å². The molecule has 5 nitrogen and oxygen atoms in total. The molecule has 0 aromatic heterocycles. The summed E-state index contributed by atoms with van der Waals surface area (Å²) in [5.74, 6) is -1.06. The molecule has 0 saturated carbocycles. The summed E-state index contributed by atoms with van der Waals surface area (Å²) in [6.45, 7) is 1.76. The van der Waals surface area contributed by atoms with Crippen LogP contribution in [-0.2, 0) is 10.0 Å². The van der Waals surface area contributed by atoms with E-state index in [1.54, 1.807) is 19.1 Å². The van der Waals surface area contributed by atoms with Crippen molar-refractivity contribution in [2.75, 3.05) is 10.5 Å². The molecule has 1 aromatic carbocycles. The van der Waals surface area contributed by atoms with E-state index in [4.69, 9.17) is 5.11 Å². The zero-order chi connectivity index (χ0) is 13.1. The quantitative estimate of drug-likeness (QED) is 0.779. The topological polar surface area (TPSA) is 83.5 Å². The second-order valence-corrected chi connectivity index (χ2v) is 6.42. The molecule has 17 heavy (non-hydrogen) atoms. The van der Waals surface area contributed by atoms with E-state index in [1.165, 1.54) is 6.07 Å². The maximum Gasteiger partial charge on any atom is 0.336 e. The van der Waals surface area contributed by atoms with Crippen molar-refractivity contribution < 1.29 is 18.3 Å². The molecule has 1 rings (SSSR count). The third-order valence-corrected chi connectivity index (χ3v) is 4.38. The molecule has 0 spiro atoms. The molecular formula is C10H12INO4S. The summed E-state index contributed by atoms with van der Waals surface area (Å²) in [5.41, 5.74) is 0.360. The van der Waals surface area contributed by atoms with E-state index in [1.807, 2.05) is 22.6 Å². The standard InChI is InChI=1S/C10H12INO4S/c1-2-5-17(15,16)12-7-3-4-9(11)8(6-7)10(13)14/h3-4,6,12H,2,5H2,1H3,(H,13,14). The van der Waals surface area contributed by atoms with Crippen molar-refractivity contribution in [3.05, 3.63) is 27.3 Å². The van der Waals surface area contributed by atoms with E-state index < -0.39 is 16.0 Å². The Kier molecular flexibility index (Phi) is 4.75. The number of hydrogen-bond donors (Lipinski definition) is 2. The van der Waals surface area contributed by atoms with Gasteiger partial charge in [0, 0.05) is 9.26 Å². The summed E-state index contributed by atoms with van der Waals surface area (Å²) < 4.78 is 25.9. The van der Waals surface area contributed by atoms with Crippen molar-refractivity contribution in [3.8, 4) is 0 Å². The maximum absolute atomic E-state index is 11.5. The number of hydrogen-bond acceptors (Lipinski definition) is 3. The van der Waals surface area contributed by atoms with Gasteiger partial charge < -0.3 is 5.11 Å². The van der Waals surface area contributed by atoms with Gasteiger partial charge in [0.25, 0.3) is 0 Å². The van der Waals surface area contributed by atoms with Gasteiger partial charge in [-0.05, 0) is 47.2 Å². The number of carboxylic acids is 1. The Bertz CT molecular complexity index is 527. The van der Waals surface area contributed by atoms with E-state index in [0.29, 0.717) is 9.99 Å². The van der Waals surface area contributed by atoms with E-state index in [0.717, 1.165) is 0 Å². The lowest BCUT2D eigenvalue weighted by molar-refractivity contribution is 0.0695. The Morgan fingerprint density at radius 2 is 2.12 bits per heavy atom. The minimum atomic E-state index is -3.39. The van der Waals surface area contributed by atoms with Crippen LogP contribution in [0.25, 0.3) is 0 Å². The van der Waals surface area contributed by atoms with Crippen LogP contribution in [0.4, 0.5) is 5.69 Å². The molecule has 1 aromatic rings. The van der Waals surface area contributed by atoms with Crippen LogP contribution in [0.3, 0.4) is 0 Å². The van der Waals surface area contributed by atoms with Gasteiger partial charge in [-0.1, -0.05) is 6.92 Å². The first-order chi connectivity index (χ1) is 7.85. The second kappa shape index (κ2) is 5.67. The van der Waals surface area contributed by atoms with Gasteiger partial charge in [0.1, 0.15) is 0 Å². The molecular weight excluding hydrogens is 357 g/mol. The Morgan fingerprint density at radius 1 is 1.47 bits per heavy atom. The van der Waals surface area contributed by atoms with Crippen LogP contribution in [0.15, 0.2) is 18.2 Å². The summed E-state index contributed by atoms with van der Waals surface area (Å²) in [4.78, 5) is 10.9. The Hall–Kier alpha value is -0.830. The lowest BCUT2D eigenvalue weighted by Crippen LogP contribution is -2.16. The molecule has 0 aliphatic rings. The molecule has 0 unspecified atom stereocenters. The third-order valence-electron chi connectivity index (χ3n) is 1.94. The first-order valence-corrected chi connectivity index (χ1v) is 7.62. The number of halogens is 1. The highest BCUT2D eigenvalue weighted by molar-refractivity contribution is 14.1. The zero-order valence-corrected chi connectivity index (χ0v) is 12.1. The number of carbonyl (C=O) groups is 1. The molecule has 7 heteroatoms. The second-order valence-electron chi connectivity index (χ2n) is 3.42. The van der Waals surface area contributed by atoms with Gasteiger partial charge in [0.15, 0.2) is 0 Å². The number of sulfonamides is 1. The van der Waals surface area contributed by atoms with E-state index in [-0.39, 0.29) is 17.0 Å². The van der Waals surface area contributed by atoms with Gasteiger partial charge in [-0.3, -0.25) is 4.72 Å².